The molecule has 1 aromatic heterocycles. The predicted molar refractivity (Wildman–Crippen MR) is 73.5 cm³/mol. The zero-order chi connectivity index (χ0) is 11.9. The van der Waals surface area contributed by atoms with Crippen LogP contribution in [0.1, 0.15) is 43.5 Å². The van der Waals surface area contributed by atoms with Crippen LogP contribution in [-0.2, 0) is 4.74 Å². The van der Waals surface area contributed by atoms with E-state index in [2.05, 4.69) is 29.8 Å². The highest BCUT2D eigenvalue weighted by molar-refractivity contribution is 7.10. The van der Waals surface area contributed by atoms with Crippen LogP contribution in [0, 0.1) is 5.92 Å². The molecule has 1 fully saturated rings. The first-order chi connectivity index (χ1) is 8.40. The highest BCUT2D eigenvalue weighted by Gasteiger charge is 2.16. The highest BCUT2D eigenvalue weighted by Crippen LogP contribution is 2.24. The van der Waals surface area contributed by atoms with Crippen molar-refractivity contribution in [3.05, 3.63) is 22.4 Å². The maximum atomic E-state index is 5.40. The second-order valence-electron chi connectivity index (χ2n) is 4.82. The van der Waals surface area contributed by atoms with E-state index >= 15 is 0 Å². The van der Waals surface area contributed by atoms with Gasteiger partial charge in [0, 0.05) is 24.1 Å². The molecule has 0 amide bonds. The van der Waals surface area contributed by atoms with Gasteiger partial charge in [-0.3, -0.25) is 0 Å². The molecule has 3 heteroatoms. The largest absolute Gasteiger partial charge is 0.381 e. The third-order valence-corrected chi connectivity index (χ3v) is 4.44. The van der Waals surface area contributed by atoms with Crippen molar-refractivity contribution in [1.82, 2.24) is 5.32 Å². The fraction of sp³-hybridized carbons (Fsp3) is 0.714. The number of hydrogen-bond acceptors (Lipinski definition) is 3. The molecule has 0 aromatic carbocycles. The van der Waals surface area contributed by atoms with Gasteiger partial charge >= 0.3 is 0 Å². The molecule has 1 aliphatic heterocycles. The van der Waals surface area contributed by atoms with Crippen molar-refractivity contribution < 1.29 is 4.74 Å². The summed E-state index contributed by atoms with van der Waals surface area (Å²) in [6, 6.07) is 4.96. The third kappa shape index (κ3) is 4.09. The Morgan fingerprint density at radius 2 is 2.29 bits per heavy atom. The smallest absolute Gasteiger partial charge is 0.0469 e. The van der Waals surface area contributed by atoms with Gasteiger partial charge in [0.15, 0.2) is 0 Å². The van der Waals surface area contributed by atoms with Gasteiger partial charge in [0.25, 0.3) is 0 Å². The normalized spacial score (nSPS) is 19.4. The number of thiophene rings is 1. The van der Waals surface area contributed by atoms with E-state index in [0.29, 0.717) is 6.04 Å². The van der Waals surface area contributed by atoms with Crippen LogP contribution in [0.5, 0.6) is 0 Å². The molecular formula is C14H23NOS. The van der Waals surface area contributed by atoms with Gasteiger partial charge in [0.05, 0.1) is 0 Å². The maximum absolute atomic E-state index is 5.40. The summed E-state index contributed by atoms with van der Waals surface area (Å²) in [5, 5.41) is 5.92. The standard InChI is InChI=1S/C14H23NOS/c1-2-4-13(14-5-3-10-17-14)15-11-12-6-8-16-9-7-12/h3,5,10,12-13,15H,2,4,6-9,11H2,1H3. The summed E-state index contributed by atoms with van der Waals surface area (Å²) >= 11 is 1.87. The fourth-order valence-electron chi connectivity index (χ4n) is 2.38. The first kappa shape index (κ1) is 13.1. The number of rotatable bonds is 6. The SMILES string of the molecule is CCCC(NCC1CCOCC1)c1cccs1. The molecule has 0 radical (unpaired) electrons. The Bertz CT molecular complexity index is 293. The van der Waals surface area contributed by atoms with E-state index < -0.39 is 0 Å². The van der Waals surface area contributed by atoms with Crippen LogP contribution in [0.25, 0.3) is 0 Å². The molecule has 1 atom stereocenters. The van der Waals surface area contributed by atoms with Crippen molar-refractivity contribution in [2.24, 2.45) is 5.92 Å². The second-order valence-corrected chi connectivity index (χ2v) is 5.80. The van der Waals surface area contributed by atoms with Crippen LogP contribution >= 0.6 is 11.3 Å². The summed E-state index contributed by atoms with van der Waals surface area (Å²) in [5.41, 5.74) is 0. The maximum Gasteiger partial charge on any atom is 0.0469 e. The molecule has 1 aliphatic rings. The lowest BCUT2D eigenvalue weighted by atomic mass is 9.99. The quantitative estimate of drug-likeness (QED) is 0.836. The number of nitrogens with one attached hydrogen (secondary N) is 1. The lowest BCUT2D eigenvalue weighted by Gasteiger charge is -2.25. The molecule has 1 N–H and O–H groups in total. The van der Waals surface area contributed by atoms with Gasteiger partial charge in [-0.05, 0) is 43.2 Å². The van der Waals surface area contributed by atoms with E-state index in [4.69, 9.17) is 4.74 Å². The summed E-state index contributed by atoms with van der Waals surface area (Å²) < 4.78 is 5.40. The number of hydrogen-bond donors (Lipinski definition) is 1. The van der Waals surface area contributed by atoms with Crippen LogP contribution in [0.2, 0.25) is 0 Å². The molecule has 0 aliphatic carbocycles. The molecule has 2 heterocycles. The molecule has 1 unspecified atom stereocenters. The van der Waals surface area contributed by atoms with Crippen molar-refractivity contribution in [1.29, 1.82) is 0 Å². The second kappa shape index (κ2) is 7.14. The summed E-state index contributed by atoms with van der Waals surface area (Å²) in [4.78, 5) is 1.49. The highest BCUT2D eigenvalue weighted by atomic mass is 32.1. The molecule has 17 heavy (non-hydrogen) atoms. The van der Waals surface area contributed by atoms with Gasteiger partial charge in [0.1, 0.15) is 0 Å². The van der Waals surface area contributed by atoms with Crippen molar-refractivity contribution in [3.8, 4) is 0 Å². The molecular weight excluding hydrogens is 230 g/mol. The zero-order valence-corrected chi connectivity index (χ0v) is 11.5. The zero-order valence-electron chi connectivity index (χ0n) is 10.7. The summed E-state index contributed by atoms with van der Waals surface area (Å²) in [5.74, 6) is 0.808. The minimum Gasteiger partial charge on any atom is -0.381 e. The lowest BCUT2D eigenvalue weighted by Crippen LogP contribution is -2.30. The van der Waals surface area contributed by atoms with Crippen LogP contribution < -0.4 is 5.32 Å². The van der Waals surface area contributed by atoms with Crippen molar-refractivity contribution in [2.75, 3.05) is 19.8 Å². The van der Waals surface area contributed by atoms with E-state index in [9.17, 15) is 0 Å². The third-order valence-electron chi connectivity index (χ3n) is 3.46. The average molecular weight is 253 g/mol. The van der Waals surface area contributed by atoms with E-state index in [1.54, 1.807) is 0 Å². The minimum absolute atomic E-state index is 0.558. The van der Waals surface area contributed by atoms with Gasteiger partial charge in [-0.1, -0.05) is 19.4 Å². The van der Waals surface area contributed by atoms with E-state index in [1.165, 1.54) is 30.6 Å². The summed E-state index contributed by atoms with van der Waals surface area (Å²) in [6.07, 6.45) is 4.92. The topological polar surface area (TPSA) is 21.3 Å². The van der Waals surface area contributed by atoms with Gasteiger partial charge in [-0.25, -0.2) is 0 Å². The van der Waals surface area contributed by atoms with Crippen molar-refractivity contribution in [2.45, 2.75) is 38.6 Å². The molecule has 0 spiro atoms. The molecule has 1 saturated heterocycles. The summed E-state index contributed by atoms with van der Waals surface area (Å²) in [6.45, 7) is 5.30. The Kier molecular flexibility index (Phi) is 5.49. The first-order valence-electron chi connectivity index (χ1n) is 6.74. The Morgan fingerprint density at radius 3 is 2.94 bits per heavy atom. The van der Waals surface area contributed by atoms with E-state index in [1.807, 2.05) is 11.3 Å². The van der Waals surface area contributed by atoms with Gasteiger partial charge in [-0.15, -0.1) is 11.3 Å². The summed E-state index contributed by atoms with van der Waals surface area (Å²) in [7, 11) is 0. The van der Waals surface area contributed by atoms with E-state index in [0.717, 1.165) is 25.7 Å². The van der Waals surface area contributed by atoms with Gasteiger partial charge in [-0.2, -0.15) is 0 Å². The first-order valence-corrected chi connectivity index (χ1v) is 7.62. The molecule has 96 valence electrons. The Balaban J connectivity index is 1.81. The predicted octanol–water partition coefficient (Wildman–Crippen LogP) is 3.61. The lowest BCUT2D eigenvalue weighted by molar-refractivity contribution is 0.0654. The van der Waals surface area contributed by atoms with Crippen LogP contribution in [0.3, 0.4) is 0 Å². The average Bonchev–Trinajstić information content (AvgIpc) is 2.89. The van der Waals surface area contributed by atoms with Crippen molar-refractivity contribution >= 4 is 11.3 Å². The Hall–Kier alpha value is -0.380. The minimum atomic E-state index is 0.558. The van der Waals surface area contributed by atoms with Crippen LogP contribution in [0.15, 0.2) is 17.5 Å². The Morgan fingerprint density at radius 1 is 1.47 bits per heavy atom. The molecule has 2 rings (SSSR count). The molecule has 2 nitrogen and oxygen atoms in total. The fourth-order valence-corrected chi connectivity index (χ4v) is 3.22. The van der Waals surface area contributed by atoms with Gasteiger partial charge < -0.3 is 10.1 Å². The van der Waals surface area contributed by atoms with Crippen LogP contribution in [0.4, 0.5) is 0 Å². The molecule has 0 bridgehead atoms. The monoisotopic (exact) mass is 253 g/mol. The van der Waals surface area contributed by atoms with Crippen molar-refractivity contribution in [3.63, 3.8) is 0 Å². The van der Waals surface area contributed by atoms with E-state index in [-0.39, 0.29) is 0 Å². The van der Waals surface area contributed by atoms with Crippen LogP contribution in [-0.4, -0.2) is 19.8 Å². The number of ether oxygens (including phenoxy) is 1. The Labute approximate surface area is 108 Å². The van der Waals surface area contributed by atoms with Gasteiger partial charge in [0.2, 0.25) is 0 Å². The molecule has 0 saturated carbocycles. The molecule has 1 aromatic rings.